The Morgan fingerprint density at radius 3 is 2.36 bits per heavy atom. The van der Waals surface area contributed by atoms with Crippen LogP contribution in [0.1, 0.15) is 21.8 Å². The minimum atomic E-state index is 0. The van der Waals surface area contributed by atoms with Gasteiger partial charge in [-0.3, -0.25) is 0 Å². The Balaban J connectivity index is 0. The highest BCUT2D eigenvalue weighted by atomic mass is 16.5. The Kier molecular flexibility index (Phi) is 8.92. The molecule has 140 valence electrons. The largest absolute Gasteiger partial charge is 0.401 e. The molecule has 2 aromatic carbocycles. The lowest BCUT2D eigenvalue weighted by Gasteiger charge is -2.11. The standard InChI is InChI=1S/C19H26N4O.H3N.2H2/c1-3-16(20)12-21-17-8-10-18(11-9-17)22-13-24-14-23-19-7-5-4-6-15(19)2;;;/h4-12,21-23H,3,13-14,20H2,1-2H3;1H3;2*1H/b16-12-;;;. The molecule has 0 heterocycles. The van der Waals surface area contributed by atoms with Crippen LogP contribution >= 0.6 is 0 Å². The molecular formula is C19H33N5O. The van der Waals surface area contributed by atoms with Gasteiger partial charge in [-0.15, -0.1) is 0 Å². The number of allylic oxidation sites excluding steroid dienone is 1. The van der Waals surface area contributed by atoms with Gasteiger partial charge in [0.15, 0.2) is 0 Å². The summed E-state index contributed by atoms with van der Waals surface area (Å²) < 4.78 is 5.56. The highest BCUT2D eigenvalue weighted by Crippen LogP contribution is 2.14. The van der Waals surface area contributed by atoms with E-state index in [0.717, 1.165) is 29.2 Å². The minimum Gasteiger partial charge on any atom is -0.401 e. The summed E-state index contributed by atoms with van der Waals surface area (Å²) in [6.45, 7) is 4.99. The number of anilines is 3. The summed E-state index contributed by atoms with van der Waals surface area (Å²) in [6.07, 6.45) is 2.66. The smallest absolute Gasteiger partial charge is 0.118 e. The van der Waals surface area contributed by atoms with Crippen LogP contribution in [0.25, 0.3) is 0 Å². The van der Waals surface area contributed by atoms with Gasteiger partial charge in [0.2, 0.25) is 0 Å². The number of hydrogen-bond donors (Lipinski definition) is 5. The van der Waals surface area contributed by atoms with Crippen LogP contribution < -0.4 is 27.8 Å². The van der Waals surface area contributed by atoms with Crippen LogP contribution in [0.15, 0.2) is 60.4 Å². The normalized spacial score (nSPS) is 10.7. The molecule has 0 aliphatic carbocycles. The van der Waals surface area contributed by atoms with Crippen molar-refractivity contribution in [3.8, 4) is 0 Å². The topological polar surface area (TPSA) is 106 Å². The van der Waals surface area contributed by atoms with E-state index < -0.39 is 0 Å². The molecule has 6 heteroatoms. The molecule has 0 amide bonds. The van der Waals surface area contributed by atoms with E-state index in [9.17, 15) is 0 Å². The summed E-state index contributed by atoms with van der Waals surface area (Å²) in [4.78, 5) is 0. The van der Waals surface area contributed by atoms with Crippen molar-refractivity contribution in [3.63, 3.8) is 0 Å². The summed E-state index contributed by atoms with van der Waals surface area (Å²) in [7, 11) is 0. The van der Waals surface area contributed by atoms with E-state index in [1.54, 1.807) is 0 Å². The van der Waals surface area contributed by atoms with Crippen LogP contribution in [0.5, 0.6) is 0 Å². The molecule has 2 aromatic rings. The number of para-hydroxylation sites is 1. The second-order valence-corrected chi connectivity index (χ2v) is 5.46. The Morgan fingerprint density at radius 2 is 1.68 bits per heavy atom. The average Bonchev–Trinajstić information content (AvgIpc) is 2.62. The predicted molar refractivity (Wildman–Crippen MR) is 111 cm³/mol. The van der Waals surface area contributed by atoms with Crippen molar-refractivity contribution in [1.82, 2.24) is 6.15 Å². The summed E-state index contributed by atoms with van der Waals surface area (Å²) in [6, 6.07) is 16.1. The number of nitrogens with two attached hydrogens (primary N) is 1. The highest BCUT2D eigenvalue weighted by Gasteiger charge is 1.96. The zero-order chi connectivity index (χ0) is 17.2. The molecule has 0 radical (unpaired) electrons. The first-order valence-corrected chi connectivity index (χ1v) is 8.11. The van der Waals surface area contributed by atoms with Crippen LogP contribution in [0, 0.1) is 6.92 Å². The number of hydrogen-bond acceptors (Lipinski definition) is 6. The van der Waals surface area contributed by atoms with E-state index in [0.29, 0.717) is 13.5 Å². The van der Waals surface area contributed by atoms with Gasteiger partial charge in [0.25, 0.3) is 0 Å². The molecular weight excluding hydrogens is 314 g/mol. The van der Waals surface area contributed by atoms with Crippen LogP contribution in [0.2, 0.25) is 0 Å². The Hall–Kier alpha value is -2.70. The van der Waals surface area contributed by atoms with E-state index in [1.165, 1.54) is 5.56 Å². The number of aryl methyl sites for hydroxylation is 1. The molecule has 2 rings (SSSR count). The number of benzene rings is 2. The van der Waals surface area contributed by atoms with Crippen molar-refractivity contribution < 1.29 is 7.59 Å². The van der Waals surface area contributed by atoms with Gasteiger partial charge in [-0.05, 0) is 49.2 Å². The van der Waals surface area contributed by atoms with Gasteiger partial charge in [-0.2, -0.15) is 0 Å². The Morgan fingerprint density at radius 1 is 1.04 bits per heavy atom. The van der Waals surface area contributed by atoms with Gasteiger partial charge in [0, 0.05) is 31.8 Å². The van der Waals surface area contributed by atoms with Gasteiger partial charge in [0.05, 0.1) is 0 Å². The summed E-state index contributed by atoms with van der Waals surface area (Å²) in [5.74, 6) is 0. The highest BCUT2D eigenvalue weighted by molar-refractivity contribution is 5.54. The lowest BCUT2D eigenvalue weighted by molar-refractivity contribution is 0.171. The van der Waals surface area contributed by atoms with Crippen LogP contribution in [0.3, 0.4) is 0 Å². The minimum absolute atomic E-state index is 0. The number of ether oxygens (including phenoxy) is 1. The monoisotopic (exact) mass is 347 g/mol. The van der Waals surface area contributed by atoms with Crippen molar-refractivity contribution in [2.75, 3.05) is 29.4 Å². The van der Waals surface area contributed by atoms with Gasteiger partial charge < -0.3 is 32.6 Å². The summed E-state index contributed by atoms with van der Waals surface area (Å²) in [5, 5.41) is 9.64. The first-order chi connectivity index (χ1) is 11.7. The SMILES string of the molecule is CC/C(N)=C/Nc1ccc(NCOCNc2ccccc2C)cc1.N.[HH].[HH]. The van der Waals surface area contributed by atoms with Crippen LogP contribution in [-0.4, -0.2) is 13.5 Å². The molecule has 0 unspecified atom stereocenters. The van der Waals surface area contributed by atoms with Crippen molar-refractivity contribution in [3.05, 3.63) is 66.0 Å². The lowest BCUT2D eigenvalue weighted by atomic mass is 10.2. The van der Waals surface area contributed by atoms with Gasteiger partial charge in [-0.25, -0.2) is 0 Å². The maximum Gasteiger partial charge on any atom is 0.118 e. The third-order valence-corrected chi connectivity index (χ3v) is 3.61. The number of nitrogens with one attached hydrogen (secondary N) is 3. The van der Waals surface area contributed by atoms with E-state index in [1.807, 2.05) is 55.6 Å². The van der Waals surface area contributed by atoms with Crippen molar-refractivity contribution in [2.45, 2.75) is 20.3 Å². The molecule has 0 aliphatic rings. The van der Waals surface area contributed by atoms with E-state index in [4.69, 9.17) is 10.5 Å². The maximum absolute atomic E-state index is 5.76. The third-order valence-electron chi connectivity index (χ3n) is 3.61. The zero-order valence-corrected chi connectivity index (χ0v) is 15.0. The van der Waals surface area contributed by atoms with Crippen LogP contribution in [0.4, 0.5) is 17.1 Å². The first kappa shape index (κ1) is 20.3. The molecule has 0 atom stereocenters. The second-order valence-electron chi connectivity index (χ2n) is 5.46. The third kappa shape index (κ3) is 7.15. The molecule has 0 fully saturated rings. The van der Waals surface area contributed by atoms with Crippen LogP contribution in [-0.2, 0) is 4.74 Å². The van der Waals surface area contributed by atoms with Gasteiger partial charge in [0.1, 0.15) is 13.5 Å². The zero-order valence-electron chi connectivity index (χ0n) is 15.0. The quantitative estimate of drug-likeness (QED) is 0.332. The fourth-order valence-electron chi connectivity index (χ4n) is 2.05. The van der Waals surface area contributed by atoms with Crippen molar-refractivity contribution in [2.24, 2.45) is 5.73 Å². The number of rotatable bonds is 9. The lowest BCUT2D eigenvalue weighted by Crippen LogP contribution is -2.12. The maximum atomic E-state index is 5.76. The van der Waals surface area contributed by atoms with E-state index in [-0.39, 0.29) is 9.00 Å². The molecule has 8 N–H and O–H groups in total. The first-order valence-electron chi connectivity index (χ1n) is 8.11. The van der Waals surface area contributed by atoms with Gasteiger partial charge >= 0.3 is 0 Å². The van der Waals surface area contributed by atoms with E-state index in [2.05, 4.69) is 28.9 Å². The molecule has 0 saturated carbocycles. The molecule has 0 aromatic heterocycles. The molecule has 6 nitrogen and oxygen atoms in total. The molecule has 25 heavy (non-hydrogen) atoms. The second kappa shape index (κ2) is 11.0. The molecule has 0 spiro atoms. The van der Waals surface area contributed by atoms with Crippen molar-refractivity contribution >= 4 is 17.1 Å². The summed E-state index contributed by atoms with van der Waals surface area (Å²) >= 11 is 0. The van der Waals surface area contributed by atoms with Crippen molar-refractivity contribution in [1.29, 1.82) is 0 Å². The summed E-state index contributed by atoms with van der Waals surface area (Å²) in [5.41, 5.74) is 10.9. The Bertz CT molecular complexity index is 665. The molecule has 0 aliphatic heterocycles. The predicted octanol–water partition coefficient (Wildman–Crippen LogP) is 4.73. The average molecular weight is 348 g/mol. The molecule has 0 bridgehead atoms. The fraction of sp³-hybridized carbons (Fsp3) is 0.263. The van der Waals surface area contributed by atoms with E-state index >= 15 is 0 Å². The molecule has 0 saturated heterocycles. The Labute approximate surface area is 153 Å². The fourth-order valence-corrected chi connectivity index (χ4v) is 2.05. The van der Waals surface area contributed by atoms with Gasteiger partial charge in [-0.1, -0.05) is 25.1 Å².